The first-order valence-corrected chi connectivity index (χ1v) is 7.79. The van der Waals surface area contributed by atoms with Crippen molar-refractivity contribution < 1.29 is 14.7 Å². The average molecular weight is 279 g/mol. The highest BCUT2D eigenvalue weighted by molar-refractivity contribution is 5.85. The van der Waals surface area contributed by atoms with Gasteiger partial charge in [-0.2, -0.15) is 0 Å². The second-order valence-electron chi connectivity index (χ2n) is 6.05. The summed E-state index contributed by atoms with van der Waals surface area (Å²) in [6.45, 7) is 4.29. The zero-order valence-electron chi connectivity index (χ0n) is 12.1. The van der Waals surface area contributed by atoms with E-state index in [9.17, 15) is 14.7 Å². The highest BCUT2D eigenvalue weighted by Gasteiger charge is 2.39. The van der Waals surface area contributed by atoms with Crippen molar-refractivity contribution >= 4 is 11.9 Å². The maximum atomic E-state index is 12.8. The fraction of sp³-hybridized carbons (Fsp3) is 0.750. The first kappa shape index (κ1) is 15.1. The first-order chi connectivity index (χ1) is 9.65. The molecule has 0 aromatic heterocycles. The minimum atomic E-state index is -0.812. The van der Waals surface area contributed by atoms with Crippen LogP contribution in [0.3, 0.4) is 0 Å². The molecule has 2 atom stereocenters. The lowest BCUT2D eigenvalue weighted by molar-refractivity contribution is -0.153. The number of carbonyl (C=O) groups excluding carboxylic acids is 1. The van der Waals surface area contributed by atoms with Crippen LogP contribution in [0.25, 0.3) is 0 Å². The van der Waals surface area contributed by atoms with Gasteiger partial charge in [0.25, 0.3) is 0 Å². The van der Waals surface area contributed by atoms with Gasteiger partial charge in [-0.15, -0.1) is 6.58 Å². The minimum Gasteiger partial charge on any atom is -0.481 e. The maximum absolute atomic E-state index is 12.8. The normalized spacial score (nSPS) is 27.2. The predicted molar refractivity (Wildman–Crippen MR) is 77.2 cm³/mol. The Morgan fingerprint density at radius 3 is 2.15 bits per heavy atom. The van der Waals surface area contributed by atoms with Crippen molar-refractivity contribution in [2.24, 2.45) is 11.8 Å². The number of hydrogen-bond donors (Lipinski definition) is 1. The number of nitrogens with zero attached hydrogens (tertiary/aromatic N) is 1. The summed E-state index contributed by atoms with van der Waals surface area (Å²) < 4.78 is 0. The Labute approximate surface area is 120 Å². The third kappa shape index (κ3) is 3.22. The number of aliphatic carboxylic acids is 1. The molecule has 0 aliphatic heterocycles. The molecule has 0 unspecified atom stereocenters. The molecule has 4 heteroatoms. The Morgan fingerprint density at radius 1 is 1.05 bits per heavy atom. The largest absolute Gasteiger partial charge is 0.481 e. The second kappa shape index (κ2) is 6.91. The molecule has 2 fully saturated rings. The van der Waals surface area contributed by atoms with Crippen LogP contribution in [-0.2, 0) is 9.59 Å². The summed E-state index contributed by atoms with van der Waals surface area (Å²) in [6, 6.07) is 0.289. The van der Waals surface area contributed by atoms with Gasteiger partial charge < -0.3 is 10.0 Å². The SMILES string of the molecule is C=CCN(C(=O)[C@@H]1CCCC[C@@H]1C(=O)O)C1CCCC1. The van der Waals surface area contributed by atoms with Crippen LogP contribution in [0.4, 0.5) is 0 Å². The number of rotatable bonds is 5. The minimum absolute atomic E-state index is 0.0453. The fourth-order valence-electron chi connectivity index (χ4n) is 3.71. The summed E-state index contributed by atoms with van der Waals surface area (Å²) >= 11 is 0. The molecular weight excluding hydrogens is 254 g/mol. The zero-order valence-corrected chi connectivity index (χ0v) is 12.1. The molecule has 2 saturated carbocycles. The first-order valence-electron chi connectivity index (χ1n) is 7.79. The molecule has 4 nitrogen and oxygen atoms in total. The smallest absolute Gasteiger partial charge is 0.307 e. The molecule has 0 radical (unpaired) electrons. The Balaban J connectivity index is 2.11. The molecule has 0 heterocycles. The van der Waals surface area contributed by atoms with Gasteiger partial charge >= 0.3 is 5.97 Å². The van der Waals surface area contributed by atoms with Crippen molar-refractivity contribution in [1.82, 2.24) is 4.90 Å². The van der Waals surface area contributed by atoms with Gasteiger partial charge in [-0.3, -0.25) is 9.59 Å². The Morgan fingerprint density at radius 2 is 1.60 bits per heavy atom. The Bertz CT molecular complexity index is 370. The van der Waals surface area contributed by atoms with Gasteiger partial charge in [0.15, 0.2) is 0 Å². The molecule has 2 rings (SSSR count). The van der Waals surface area contributed by atoms with Crippen molar-refractivity contribution in [2.45, 2.75) is 57.4 Å². The van der Waals surface area contributed by atoms with E-state index in [2.05, 4.69) is 6.58 Å². The van der Waals surface area contributed by atoms with Crippen molar-refractivity contribution in [2.75, 3.05) is 6.54 Å². The Kier molecular flexibility index (Phi) is 5.21. The monoisotopic (exact) mass is 279 g/mol. The fourth-order valence-corrected chi connectivity index (χ4v) is 3.71. The highest BCUT2D eigenvalue weighted by Crippen LogP contribution is 2.34. The van der Waals surface area contributed by atoms with Crippen LogP contribution in [0, 0.1) is 11.8 Å². The maximum Gasteiger partial charge on any atom is 0.307 e. The van der Waals surface area contributed by atoms with Crippen LogP contribution in [-0.4, -0.2) is 34.5 Å². The lowest BCUT2D eigenvalue weighted by Gasteiger charge is -2.35. The molecule has 20 heavy (non-hydrogen) atoms. The van der Waals surface area contributed by atoms with Crippen LogP contribution in [0.1, 0.15) is 51.4 Å². The quantitative estimate of drug-likeness (QED) is 0.787. The van der Waals surface area contributed by atoms with E-state index >= 15 is 0 Å². The summed E-state index contributed by atoms with van der Waals surface area (Å²) in [6.07, 6.45) is 9.42. The summed E-state index contributed by atoms with van der Waals surface area (Å²) in [7, 11) is 0. The van der Waals surface area contributed by atoms with Crippen LogP contribution in [0.15, 0.2) is 12.7 Å². The second-order valence-corrected chi connectivity index (χ2v) is 6.05. The molecule has 2 aliphatic rings. The van der Waals surface area contributed by atoms with E-state index in [1.165, 1.54) is 12.8 Å². The average Bonchev–Trinajstić information content (AvgIpc) is 2.98. The molecule has 0 spiro atoms. The summed E-state index contributed by atoms with van der Waals surface area (Å²) in [5.41, 5.74) is 0. The number of amides is 1. The molecule has 1 N–H and O–H groups in total. The molecule has 1 amide bonds. The molecule has 0 saturated heterocycles. The van der Waals surface area contributed by atoms with E-state index in [0.29, 0.717) is 13.0 Å². The van der Waals surface area contributed by atoms with Gasteiger partial charge in [-0.05, 0) is 25.7 Å². The standard InChI is InChI=1S/C16H25NO3/c1-2-11-17(12-7-3-4-8-12)15(18)13-9-5-6-10-14(13)16(19)20/h2,12-14H,1,3-11H2,(H,19,20)/t13-,14+/m1/s1. The van der Waals surface area contributed by atoms with Crippen molar-refractivity contribution in [1.29, 1.82) is 0 Å². The van der Waals surface area contributed by atoms with Gasteiger partial charge in [0, 0.05) is 12.6 Å². The Hall–Kier alpha value is -1.32. The van der Waals surface area contributed by atoms with E-state index in [1.807, 2.05) is 4.90 Å². The summed E-state index contributed by atoms with van der Waals surface area (Å²) in [5.74, 6) is -1.59. The molecule has 0 aromatic rings. The van der Waals surface area contributed by atoms with Gasteiger partial charge in [0.1, 0.15) is 0 Å². The van der Waals surface area contributed by atoms with E-state index in [4.69, 9.17) is 0 Å². The topological polar surface area (TPSA) is 57.6 Å². The third-order valence-corrected chi connectivity index (χ3v) is 4.77. The molecular formula is C16H25NO3. The number of carboxylic acid groups (broad SMARTS) is 1. The predicted octanol–water partition coefficient (Wildman–Crippen LogP) is 2.83. The zero-order chi connectivity index (χ0) is 14.5. The van der Waals surface area contributed by atoms with E-state index in [-0.39, 0.29) is 17.9 Å². The molecule has 112 valence electrons. The summed E-state index contributed by atoms with van der Waals surface area (Å²) in [5, 5.41) is 9.34. The van der Waals surface area contributed by atoms with Crippen molar-refractivity contribution in [3.63, 3.8) is 0 Å². The van der Waals surface area contributed by atoms with Crippen LogP contribution < -0.4 is 0 Å². The van der Waals surface area contributed by atoms with Crippen LogP contribution >= 0.6 is 0 Å². The molecule has 2 aliphatic carbocycles. The van der Waals surface area contributed by atoms with E-state index in [1.54, 1.807) is 6.08 Å². The third-order valence-electron chi connectivity index (χ3n) is 4.77. The molecule has 0 bridgehead atoms. The molecule has 0 aromatic carbocycles. The summed E-state index contributed by atoms with van der Waals surface area (Å²) in [4.78, 5) is 26.1. The van der Waals surface area contributed by atoms with Crippen LogP contribution in [0.5, 0.6) is 0 Å². The number of hydrogen-bond acceptors (Lipinski definition) is 2. The lowest BCUT2D eigenvalue weighted by Crippen LogP contribution is -2.46. The van der Waals surface area contributed by atoms with Gasteiger partial charge in [0.2, 0.25) is 5.91 Å². The lowest BCUT2D eigenvalue weighted by atomic mass is 9.78. The van der Waals surface area contributed by atoms with E-state index < -0.39 is 11.9 Å². The number of carbonyl (C=O) groups is 2. The van der Waals surface area contributed by atoms with E-state index in [0.717, 1.165) is 32.1 Å². The van der Waals surface area contributed by atoms with Crippen molar-refractivity contribution in [3.8, 4) is 0 Å². The highest BCUT2D eigenvalue weighted by atomic mass is 16.4. The van der Waals surface area contributed by atoms with Gasteiger partial charge in [-0.1, -0.05) is 31.8 Å². The van der Waals surface area contributed by atoms with Crippen molar-refractivity contribution in [3.05, 3.63) is 12.7 Å². The van der Waals surface area contributed by atoms with Gasteiger partial charge in [-0.25, -0.2) is 0 Å². The van der Waals surface area contributed by atoms with Crippen LogP contribution in [0.2, 0.25) is 0 Å². The van der Waals surface area contributed by atoms with Gasteiger partial charge in [0.05, 0.1) is 11.8 Å². The number of carboxylic acids is 1.